The first-order valence-electron chi connectivity index (χ1n) is 7.00. The molecule has 0 amide bonds. The van der Waals surface area contributed by atoms with Crippen LogP contribution in [0.1, 0.15) is 25.7 Å². The Hall–Kier alpha value is -1.07. The van der Waals surface area contributed by atoms with Gasteiger partial charge in [0.1, 0.15) is 5.82 Å². The molecule has 2 N–H and O–H groups in total. The number of benzene rings is 1. The zero-order valence-corrected chi connectivity index (χ0v) is 12.2. The summed E-state index contributed by atoms with van der Waals surface area (Å²) in [6.07, 6.45) is 3.35. The Morgan fingerprint density at radius 1 is 1.30 bits per heavy atom. The third-order valence-electron chi connectivity index (χ3n) is 3.71. The van der Waals surface area contributed by atoms with Gasteiger partial charge in [0.25, 0.3) is 0 Å². The maximum Gasteiger partial charge on any atom is 0.306 e. The Balaban J connectivity index is 1.63. The molecule has 0 heterocycles. The molecule has 0 spiro atoms. The molecule has 1 aromatic rings. The summed E-state index contributed by atoms with van der Waals surface area (Å²) in [5.74, 6) is -0.182. The Kier molecular flexibility index (Phi) is 5.86. The molecule has 3 nitrogen and oxygen atoms in total. The highest BCUT2D eigenvalue weighted by atomic mass is 32.2. The van der Waals surface area contributed by atoms with E-state index in [0.29, 0.717) is 10.9 Å². The number of aliphatic carboxylic acids is 1. The lowest BCUT2D eigenvalue weighted by Crippen LogP contribution is -2.36. The minimum absolute atomic E-state index is 0.166. The van der Waals surface area contributed by atoms with Crippen molar-refractivity contribution < 1.29 is 14.3 Å². The number of halogens is 1. The van der Waals surface area contributed by atoms with Crippen LogP contribution in [0.2, 0.25) is 0 Å². The molecule has 0 bridgehead atoms. The van der Waals surface area contributed by atoms with E-state index in [4.69, 9.17) is 5.11 Å². The van der Waals surface area contributed by atoms with Crippen LogP contribution in [-0.4, -0.2) is 29.4 Å². The number of carboxylic acids is 1. The molecular formula is C15H20FNO2S. The number of nitrogens with one attached hydrogen (secondary N) is 1. The predicted octanol–water partition coefficient (Wildman–Crippen LogP) is 3.15. The summed E-state index contributed by atoms with van der Waals surface area (Å²) in [7, 11) is 0. The van der Waals surface area contributed by atoms with Crippen LogP contribution >= 0.6 is 11.8 Å². The SMILES string of the molecule is O=C(O)C1CCC(NCCSc2ccccc2F)CC1. The summed E-state index contributed by atoms with van der Waals surface area (Å²) >= 11 is 1.51. The van der Waals surface area contributed by atoms with Crippen LogP contribution in [-0.2, 0) is 4.79 Å². The zero-order chi connectivity index (χ0) is 14.4. The van der Waals surface area contributed by atoms with Crippen LogP contribution in [0.25, 0.3) is 0 Å². The monoisotopic (exact) mass is 297 g/mol. The summed E-state index contributed by atoms with van der Waals surface area (Å²) in [4.78, 5) is 11.5. The maximum absolute atomic E-state index is 13.4. The number of thioether (sulfide) groups is 1. The van der Waals surface area contributed by atoms with Crippen molar-refractivity contribution in [3.8, 4) is 0 Å². The minimum atomic E-state index is -0.668. The molecule has 1 aliphatic carbocycles. The summed E-state index contributed by atoms with van der Waals surface area (Å²) in [6.45, 7) is 0.821. The maximum atomic E-state index is 13.4. The number of carboxylic acid groups (broad SMARTS) is 1. The Morgan fingerprint density at radius 2 is 2.00 bits per heavy atom. The van der Waals surface area contributed by atoms with Crippen molar-refractivity contribution in [1.82, 2.24) is 5.32 Å². The van der Waals surface area contributed by atoms with Crippen molar-refractivity contribution in [3.05, 3.63) is 30.1 Å². The molecule has 1 aliphatic rings. The third kappa shape index (κ3) is 4.49. The summed E-state index contributed by atoms with van der Waals surface area (Å²) in [6, 6.07) is 7.21. The van der Waals surface area contributed by atoms with Crippen molar-refractivity contribution in [2.45, 2.75) is 36.6 Å². The van der Waals surface area contributed by atoms with E-state index in [1.807, 2.05) is 6.07 Å². The Bertz CT molecular complexity index is 447. The lowest BCUT2D eigenvalue weighted by Gasteiger charge is -2.26. The van der Waals surface area contributed by atoms with Crippen LogP contribution < -0.4 is 5.32 Å². The zero-order valence-electron chi connectivity index (χ0n) is 11.3. The van der Waals surface area contributed by atoms with Gasteiger partial charge in [-0.2, -0.15) is 0 Å². The standard InChI is InChI=1S/C15H20FNO2S/c16-13-3-1-2-4-14(13)20-10-9-17-12-7-5-11(6-8-12)15(18)19/h1-4,11-12,17H,5-10H2,(H,18,19). The first-order valence-corrected chi connectivity index (χ1v) is 7.99. The Morgan fingerprint density at radius 3 is 2.65 bits per heavy atom. The fraction of sp³-hybridized carbons (Fsp3) is 0.533. The topological polar surface area (TPSA) is 49.3 Å². The molecule has 0 aliphatic heterocycles. The quantitative estimate of drug-likeness (QED) is 0.625. The van der Waals surface area contributed by atoms with Crippen LogP contribution in [0.15, 0.2) is 29.2 Å². The lowest BCUT2D eigenvalue weighted by molar-refractivity contribution is -0.142. The first-order chi connectivity index (χ1) is 9.66. The molecule has 2 rings (SSSR count). The van der Waals surface area contributed by atoms with Crippen LogP contribution in [0.4, 0.5) is 4.39 Å². The van der Waals surface area contributed by atoms with E-state index >= 15 is 0 Å². The molecule has 1 saturated carbocycles. The minimum Gasteiger partial charge on any atom is -0.481 e. The second-order valence-electron chi connectivity index (χ2n) is 5.12. The molecule has 1 aromatic carbocycles. The van der Waals surface area contributed by atoms with Gasteiger partial charge in [-0.3, -0.25) is 4.79 Å². The van der Waals surface area contributed by atoms with Crippen LogP contribution in [0.3, 0.4) is 0 Å². The van der Waals surface area contributed by atoms with Gasteiger partial charge in [-0.25, -0.2) is 4.39 Å². The van der Waals surface area contributed by atoms with Gasteiger partial charge < -0.3 is 10.4 Å². The second kappa shape index (κ2) is 7.64. The largest absolute Gasteiger partial charge is 0.481 e. The fourth-order valence-electron chi connectivity index (χ4n) is 2.53. The van der Waals surface area contributed by atoms with Gasteiger partial charge in [0.2, 0.25) is 0 Å². The van der Waals surface area contributed by atoms with Gasteiger partial charge in [0.05, 0.1) is 5.92 Å². The van der Waals surface area contributed by atoms with Crippen LogP contribution in [0.5, 0.6) is 0 Å². The lowest BCUT2D eigenvalue weighted by atomic mass is 9.86. The highest BCUT2D eigenvalue weighted by Crippen LogP contribution is 2.25. The summed E-state index contributed by atoms with van der Waals surface area (Å²) in [5.41, 5.74) is 0. The van der Waals surface area contributed by atoms with E-state index in [1.165, 1.54) is 17.8 Å². The van der Waals surface area contributed by atoms with Crippen molar-refractivity contribution in [3.63, 3.8) is 0 Å². The molecule has 0 saturated heterocycles. The molecule has 110 valence electrons. The molecule has 1 fully saturated rings. The fourth-order valence-corrected chi connectivity index (χ4v) is 3.35. The van der Waals surface area contributed by atoms with Gasteiger partial charge in [-0.1, -0.05) is 12.1 Å². The van der Waals surface area contributed by atoms with Gasteiger partial charge in [0.15, 0.2) is 0 Å². The molecule has 20 heavy (non-hydrogen) atoms. The van der Waals surface area contributed by atoms with E-state index in [-0.39, 0.29) is 11.7 Å². The van der Waals surface area contributed by atoms with Gasteiger partial charge in [-0.05, 0) is 37.8 Å². The van der Waals surface area contributed by atoms with Gasteiger partial charge in [-0.15, -0.1) is 11.8 Å². The molecule has 0 unspecified atom stereocenters. The number of hydrogen-bond donors (Lipinski definition) is 2. The molecule has 5 heteroatoms. The first kappa shape index (κ1) is 15.3. The van der Waals surface area contributed by atoms with E-state index in [2.05, 4.69) is 5.32 Å². The summed E-state index contributed by atoms with van der Waals surface area (Å²) in [5, 5.41) is 12.4. The highest BCUT2D eigenvalue weighted by molar-refractivity contribution is 7.99. The molecule has 0 radical (unpaired) electrons. The molecule has 0 atom stereocenters. The van der Waals surface area contributed by atoms with E-state index in [1.54, 1.807) is 12.1 Å². The second-order valence-corrected chi connectivity index (χ2v) is 6.26. The smallest absolute Gasteiger partial charge is 0.306 e. The molecule has 0 aromatic heterocycles. The van der Waals surface area contributed by atoms with Crippen LogP contribution in [0, 0.1) is 11.7 Å². The van der Waals surface area contributed by atoms with Crippen molar-refractivity contribution in [1.29, 1.82) is 0 Å². The third-order valence-corrected chi connectivity index (χ3v) is 4.76. The van der Waals surface area contributed by atoms with E-state index in [9.17, 15) is 9.18 Å². The summed E-state index contributed by atoms with van der Waals surface area (Å²) < 4.78 is 13.4. The van der Waals surface area contributed by atoms with E-state index < -0.39 is 5.97 Å². The Labute approximate surface area is 123 Å². The van der Waals surface area contributed by atoms with E-state index in [0.717, 1.165) is 38.0 Å². The predicted molar refractivity (Wildman–Crippen MR) is 78.5 cm³/mol. The van der Waals surface area contributed by atoms with Gasteiger partial charge in [0, 0.05) is 23.2 Å². The number of carbonyl (C=O) groups is 1. The van der Waals surface area contributed by atoms with Crippen molar-refractivity contribution >= 4 is 17.7 Å². The highest BCUT2D eigenvalue weighted by Gasteiger charge is 2.25. The van der Waals surface area contributed by atoms with Gasteiger partial charge >= 0.3 is 5.97 Å². The van der Waals surface area contributed by atoms with Crippen molar-refractivity contribution in [2.24, 2.45) is 5.92 Å². The normalized spacial score (nSPS) is 22.6. The average Bonchev–Trinajstić information content (AvgIpc) is 2.46. The molecular weight excluding hydrogens is 277 g/mol. The van der Waals surface area contributed by atoms with Crippen molar-refractivity contribution in [2.75, 3.05) is 12.3 Å². The average molecular weight is 297 g/mol. The number of hydrogen-bond acceptors (Lipinski definition) is 3. The number of rotatable bonds is 6.